The van der Waals surface area contributed by atoms with E-state index in [9.17, 15) is 19.1 Å². The summed E-state index contributed by atoms with van der Waals surface area (Å²) in [5.41, 5.74) is 0.961. The van der Waals surface area contributed by atoms with E-state index in [1.807, 2.05) is 0 Å². The number of aliphatic hydroxyl groups excluding tert-OH is 1. The average molecular weight is 373 g/mol. The predicted octanol–water partition coefficient (Wildman–Crippen LogP) is 0.0552. The monoisotopic (exact) mass is 373 g/mol. The SMILES string of the molecule is O=C(N[C@@H](CO)C(=O)N1CCN(c2ccc(F)cc2)CC1)c1cnccn1. The van der Waals surface area contributed by atoms with Gasteiger partial charge in [0.25, 0.3) is 5.91 Å². The van der Waals surface area contributed by atoms with Crippen LogP contribution in [0.25, 0.3) is 0 Å². The third-order valence-electron chi connectivity index (χ3n) is 4.36. The molecule has 1 aliphatic heterocycles. The largest absolute Gasteiger partial charge is 0.394 e. The van der Waals surface area contributed by atoms with E-state index < -0.39 is 18.6 Å². The predicted molar refractivity (Wildman–Crippen MR) is 95.6 cm³/mol. The number of nitrogens with zero attached hydrogens (tertiary/aromatic N) is 4. The number of nitrogens with one attached hydrogen (secondary N) is 1. The van der Waals surface area contributed by atoms with Gasteiger partial charge in [-0.2, -0.15) is 0 Å². The molecular formula is C18H20FN5O3. The summed E-state index contributed by atoms with van der Waals surface area (Å²) in [5.74, 6) is -1.22. The summed E-state index contributed by atoms with van der Waals surface area (Å²) >= 11 is 0. The summed E-state index contributed by atoms with van der Waals surface area (Å²) in [6.07, 6.45) is 4.10. The van der Waals surface area contributed by atoms with Crippen molar-refractivity contribution in [3.05, 3.63) is 54.4 Å². The van der Waals surface area contributed by atoms with Gasteiger partial charge in [-0.15, -0.1) is 0 Å². The number of halogens is 1. The maximum atomic E-state index is 13.0. The van der Waals surface area contributed by atoms with E-state index in [2.05, 4.69) is 20.2 Å². The fraction of sp³-hybridized carbons (Fsp3) is 0.333. The first-order chi connectivity index (χ1) is 13.1. The van der Waals surface area contributed by atoms with Gasteiger partial charge in [0.05, 0.1) is 12.8 Å². The van der Waals surface area contributed by atoms with Crippen molar-refractivity contribution in [1.82, 2.24) is 20.2 Å². The van der Waals surface area contributed by atoms with E-state index in [1.165, 1.54) is 30.7 Å². The van der Waals surface area contributed by atoms with Crippen LogP contribution in [0.1, 0.15) is 10.5 Å². The number of hydrogen-bond donors (Lipinski definition) is 2. The minimum atomic E-state index is -1.04. The minimum absolute atomic E-state index is 0.0740. The van der Waals surface area contributed by atoms with Gasteiger partial charge in [0.2, 0.25) is 5.91 Å². The Balaban J connectivity index is 1.57. The first-order valence-electron chi connectivity index (χ1n) is 8.55. The molecule has 9 heteroatoms. The Morgan fingerprint density at radius 1 is 1.15 bits per heavy atom. The van der Waals surface area contributed by atoms with E-state index in [1.54, 1.807) is 17.0 Å². The summed E-state index contributed by atoms with van der Waals surface area (Å²) in [6.45, 7) is 1.52. The van der Waals surface area contributed by atoms with Crippen LogP contribution in [0.3, 0.4) is 0 Å². The summed E-state index contributed by atoms with van der Waals surface area (Å²) in [4.78, 5) is 36.1. The molecule has 0 aliphatic carbocycles. The van der Waals surface area contributed by atoms with Gasteiger partial charge in [0.1, 0.15) is 17.6 Å². The van der Waals surface area contributed by atoms with E-state index >= 15 is 0 Å². The number of anilines is 1. The Morgan fingerprint density at radius 3 is 2.44 bits per heavy atom. The summed E-state index contributed by atoms with van der Waals surface area (Å²) in [7, 11) is 0. The number of aliphatic hydroxyl groups is 1. The Morgan fingerprint density at radius 2 is 1.85 bits per heavy atom. The van der Waals surface area contributed by atoms with Gasteiger partial charge in [-0.1, -0.05) is 0 Å². The topological polar surface area (TPSA) is 98.7 Å². The molecule has 1 aliphatic rings. The van der Waals surface area contributed by atoms with Gasteiger partial charge in [-0.05, 0) is 24.3 Å². The molecule has 0 spiro atoms. The number of hydrogen-bond acceptors (Lipinski definition) is 6. The third kappa shape index (κ3) is 4.56. The van der Waals surface area contributed by atoms with E-state index in [-0.39, 0.29) is 17.4 Å². The molecule has 1 aromatic heterocycles. The van der Waals surface area contributed by atoms with Crippen LogP contribution in [0, 0.1) is 5.82 Å². The van der Waals surface area contributed by atoms with Crippen molar-refractivity contribution < 1.29 is 19.1 Å². The second-order valence-electron chi connectivity index (χ2n) is 6.09. The van der Waals surface area contributed by atoms with Crippen LogP contribution in [-0.4, -0.2) is 70.6 Å². The van der Waals surface area contributed by atoms with Crippen molar-refractivity contribution >= 4 is 17.5 Å². The van der Waals surface area contributed by atoms with Gasteiger partial charge in [-0.25, -0.2) is 9.37 Å². The lowest BCUT2D eigenvalue weighted by Crippen LogP contribution is -2.56. The van der Waals surface area contributed by atoms with Gasteiger partial charge in [-0.3, -0.25) is 14.6 Å². The molecule has 0 saturated carbocycles. The summed E-state index contributed by atoms with van der Waals surface area (Å²) < 4.78 is 13.0. The lowest BCUT2D eigenvalue weighted by molar-refractivity contribution is -0.134. The van der Waals surface area contributed by atoms with Crippen LogP contribution in [0.15, 0.2) is 42.9 Å². The summed E-state index contributed by atoms with van der Waals surface area (Å²) in [6, 6.07) is 5.15. The first kappa shape index (κ1) is 18.7. The molecule has 2 amide bonds. The van der Waals surface area contributed by atoms with Crippen molar-refractivity contribution in [1.29, 1.82) is 0 Å². The molecule has 2 N–H and O–H groups in total. The highest BCUT2D eigenvalue weighted by Crippen LogP contribution is 2.17. The van der Waals surface area contributed by atoms with Crippen molar-refractivity contribution in [2.24, 2.45) is 0 Å². The van der Waals surface area contributed by atoms with E-state index in [4.69, 9.17) is 0 Å². The zero-order chi connectivity index (χ0) is 19.2. The number of benzene rings is 1. The quantitative estimate of drug-likeness (QED) is 0.769. The Bertz CT molecular complexity index is 779. The van der Waals surface area contributed by atoms with Crippen molar-refractivity contribution in [3.63, 3.8) is 0 Å². The number of rotatable bonds is 5. The van der Waals surface area contributed by atoms with Crippen LogP contribution >= 0.6 is 0 Å². The Kier molecular flexibility index (Phi) is 5.92. The van der Waals surface area contributed by atoms with Crippen LogP contribution in [0.5, 0.6) is 0 Å². The molecule has 0 unspecified atom stereocenters. The molecular weight excluding hydrogens is 353 g/mol. The lowest BCUT2D eigenvalue weighted by Gasteiger charge is -2.37. The van der Waals surface area contributed by atoms with Gasteiger partial charge in [0, 0.05) is 44.3 Å². The molecule has 8 nitrogen and oxygen atoms in total. The fourth-order valence-electron chi connectivity index (χ4n) is 2.89. The van der Waals surface area contributed by atoms with E-state index in [0.717, 1.165) is 5.69 Å². The van der Waals surface area contributed by atoms with Gasteiger partial charge >= 0.3 is 0 Å². The van der Waals surface area contributed by atoms with Crippen LogP contribution in [-0.2, 0) is 4.79 Å². The lowest BCUT2D eigenvalue weighted by atomic mass is 10.2. The number of aromatic nitrogens is 2. The van der Waals surface area contributed by atoms with Crippen molar-refractivity contribution in [3.8, 4) is 0 Å². The second kappa shape index (κ2) is 8.54. The highest BCUT2D eigenvalue weighted by Gasteiger charge is 2.28. The summed E-state index contributed by atoms with van der Waals surface area (Å²) in [5, 5.41) is 12.0. The molecule has 1 atom stereocenters. The first-order valence-corrected chi connectivity index (χ1v) is 8.55. The van der Waals surface area contributed by atoms with Crippen molar-refractivity contribution in [2.75, 3.05) is 37.7 Å². The Labute approximate surface area is 155 Å². The Hall–Kier alpha value is -3.07. The zero-order valence-corrected chi connectivity index (χ0v) is 14.6. The van der Waals surface area contributed by atoms with Crippen LogP contribution in [0.2, 0.25) is 0 Å². The highest BCUT2D eigenvalue weighted by molar-refractivity contribution is 5.96. The molecule has 142 valence electrons. The fourth-order valence-corrected chi connectivity index (χ4v) is 2.89. The molecule has 2 aromatic rings. The molecule has 0 bridgehead atoms. The maximum absolute atomic E-state index is 13.0. The van der Waals surface area contributed by atoms with Crippen molar-refractivity contribution in [2.45, 2.75) is 6.04 Å². The molecule has 1 saturated heterocycles. The number of piperazine rings is 1. The third-order valence-corrected chi connectivity index (χ3v) is 4.36. The molecule has 27 heavy (non-hydrogen) atoms. The van der Waals surface area contributed by atoms with Crippen LogP contribution in [0.4, 0.5) is 10.1 Å². The molecule has 1 fully saturated rings. The zero-order valence-electron chi connectivity index (χ0n) is 14.6. The number of amides is 2. The highest BCUT2D eigenvalue weighted by atomic mass is 19.1. The van der Waals surface area contributed by atoms with Gasteiger partial charge < -0.3 is 20.2 Å². The maximum Gasteiger partial charge on any atom is 0.272 e. The normalized spacial score (nSPS) is 15.3. The molecule has 1 aromatic carbocycles. The molecule has 0 radical (unpaired) electrons. The second-order valence-corrected chi connectivity index (χ2v) is 6.09. The van der Waals surface area contributed by atoms with E-state index in [0.29, 0.717) is 26.2 Å². The minimum Gasteiger partial charge on any atom is -0.394 e. The molecule has 3 rings (SSSR count). The standard InChI is InChI=1S/C18H20FN5O3/c19-13-1-3-14(4-2-13)23-7-9-24(10-8-23)18(27)16(12-25)22-17(26)15-11-20-5-6-21-15/h1-6,11,16,25H,7-10,12H2,(H,22,26)/t16-/m0/s1. The van der Waals surface area contributed by atoms with Gasteiger partial charge in [0.15, 0.2) is 0 Å². The average Bonchev–Trinajstić information content (AvgIpc) is 2.72. The molecule has 2 heterocycles. The smallest absolute Gasteiger partial charge is 0.272 e. The number of carbonyl (C=O) groups is 2. The number of carbonyl (C=O) groups excluding carboxylic acids is 2. The van der Waals surface area contributed by atoms with Crippen LogP contribution < -0.4 is 10.2 Å².